The van der Waals surface area contributed by atoms with Crippen LogP contribution < -0.4 is 10.4 Å². The van der Waals surface area contributed by atoms with Crippen LogP contribution in [0.4, 0.5) is 4.39 Å². The average molecular weight is 272 g/mol. The number of hydrogen-bond acceptors (Lipinski definition) is 6. The summed E-state index contributed by atoms with van der Waals surface area (Å²) in [5, 5.41) is 52.1. The summed E-state index contributed by atoms with van der Waals surface area (Å²) in [6.07, 6.45) is 0. The lowest BCUT2D eigenvalue weighted by molar-refractivity contribution is 0.612. The first-order valence-corrected chi connectivity index (χ1v) is 5.11. The molecule has 0 heterocycles. The van der Waals surface area contributed by atoms with Crippen molar-refractivity contribution >= 4 is 11.1 Å². The van der Waals surface area contributed by atoms with E-state index in [-0.39, 0.29) is 5.22 Å². The number of nitriles is 6. The quantitative estimate of drug-likeness (QED) is 0.648. The normalized spacial score (nSPS) is 7.95. The van der Waals surface area contributed by atoms with Crippen molar-refractivity contribution < 1.29 is 4.39 Å². The monoisotopic (exact) mass is 272 g/mol. The third-order valence-corrected chi connectivity index (χ3v) is 2.47. The lowest BCUT2D eigenvalue weighted by atomic mass is 10.00. The van der Waals surface area contributed by atoms with Crippen LogP contribution >= 0.6 is 0 Å². The van der Waals surface area contributed by atoms with Gasteiger partial charge < -0.3 is 0 Å². The Bertz CT molecular complexity index is 975. The van der Waals surface area contributed by atoms with E-state index in [1.165, 1.54) is 30.3 Å². The lowest BCUT2D eigenvalue weighted by Gasteiger charge is -2.00. The highest BCUT2D eigenvalue weighted by Crippen LogP contribution is 2.03. The molecule has 0 saturated heterocycles. The number of nitrogens with zero attached hydrogens (tertiary/aromatic N) is 6. The summed E-state index contributed by atoms with van der Waals surface area (Å²) in [6.45, 7) is 0. The van der Waals surface area contributed by atoms with E-state index in [0.29, 0.717) is 0 Å². The van der Waals surface area contributed by atoms with E-state index >= 15 is 0 Å². The van der Waals surface area contributed by atoms with Crippen molar-refractivity contribution in [2.75, 3.05) is 0 Å². The predicted molar refractivity (Wildman–Crippen MR) is 64.3 cm³/mol. The molecule has 1 aromatic carbocycles. The fourth-order valence-corrected chi connectivity index (χ4v) is 1.57. The molecule has 0 N–H and O–H groups in total. The zero-order valence-corrected chi connectivity index (χ0v) is 10.1. The Morgan fingerprint density at radius 1 is 0.810 bits per heavy atom. The van der Waals surface area contributed by atoms with Gasteiger partial charge in [0.15, 0.2) is 5.82 Å². The molecule has 0 fully saturated rings. The van der Waals surface area contributed by atoms with Gasteiger partial charge in [-0.25, -0.2) is 4.39 Å². The standard InChI is InChI=1S/C14HFN6/c15-14-12(7-21)11(9(3-17)4-18)1-8(2-16)13(14)10(5-19)6-20/h1H. The molecule has 1 aromatic rings. The second-order valence-corrected chi connectivity index (χ2v) is 3.46. The van der Waals surface area contributed by atoms with Gasteiger partial charge in [0.2, 0.25) is 0 Å². The van der Waals surface area contributed by atoms with E-state index in [0.717, 1.165) is 6.07 Å². The number of rotatable bonds is 0. The van der Waals surface area contributed by atoms with E-state index in [9.17, 15) is 4.39 Å². The summed E-state index contributed by atoms with van der Waals surface area (Å²) in [7, 11) is 0. The molecule has 0 unspecified atom stereocenters. The SMILES string of the molecule is N#CC(C#N)=c1cc(C#N)c(=C(C#N)C#N)c(F)c1C#N. The van der Waals surface area contributed by atoms with E-state index in [4.69, 9.17) is 31.6 Å². The van der Waals surface area contributed by atoms with Crippen LogP contribution in [0.1, 0.15) is 11.1 Å². The van der Waals surface area contributed by atoms with Crippen molar-refractivity contribution in [3.63, 3.8) is 0 Å². The maximum absolute atomic E-state index is 14.3. The third-order valence-electron chi connectivity index (χ3n) is 2.47. The number of benzene rings is 1. The Morgan fingerprint density at radius 2 is 1.33 bits per heavy atom. The highest BCUT2D eigenvalue weighted by atomic mass is 19.1. The smallest absolute Gasteiger partial charge is 0.152 e. The molecule has 0 atom stereocenters. The second-order valence-electron chi connectivity index (χ2n) is 3.46. The van der Waals surface area contributed by atoms with Crippen LogP contribution in [0.25, 0.3) is 11.1 Å². The maximum atomic E-state index is 14.3. The van der Waals surface area contributed by atoms with E-state index in [2.05, 4.69) is 0 Å². The molecule has 1 rings (SSSR count). The molecule has 0 spiro atoms. The summed E-state index contributed by atoms with van der Waals surface area (Å²) < 4.78 is 14.3. The minimum atomic E-state index is -1.28. The molecule has 0 saturated carbocycles. The molecule has 0 amide bonds. The summed E-state index contributed by atoms with van der Waals surface area (Å²) in [6, 6.07) is 9.82. The second kappa shape index (κ2) is 6.13. The molecule has 0 aliphatic heterocycles. The third kappa shape index (κ3) is 2.36. The van der Waals surface area contributed by atoms with Crippen molar-refractivity contribution in [2.45, 2.75) is 0 Å². The molecule has 21 heavy (non-hydrogen) atoms. The average Bonchev–Trinajstić information content (AvgIpc) is 2.51. The first-order valence-electron chi connectivity index (χ1n) is 5.11. The van der Waals surface area contributed by atoms with Crippen molar-refractivity contribution in [3.8, 4) is 36.4 Å². The van der Waals surface area contributed by atoms with Crippen molar-refractivity contribution in [1.29, 1.82) is 31.6 Å². The van der Waals surface area contributed by atoms with Crippen LogP contribution in [-0.2, 0) is 0 Å². The van der Waals surface area contributed by atoms with E-state index < -0.39 is 33.3 Å². The molecule has 0 radical (unpaired) electrons. The Hall–Kier alpha value is -4.17. The fraction of sp³-hybridized carbons (Fsp3) is 0. The Balaban J connectivity index is 4.41. The summed E-state index contributed by atoms with van der Waals surface area (Å²) in [5.41, 5.74) is -2.32. The number of hydrogen-bond donors (Lipinski definition) is 0. The first kappa shape index (κ1) is 14.9. The zero-order chi connectivity index (χ0) is 16.0. The summed E-state index contributed by atoms with van der Waals surface area (Å²) in [4.78, 5) is 0. The van der Waals surface area contributed by atoms with Gasteiger partial charge in [-0.2, -0.15) is 31.6 Å². The van der Waals surface area contributed by atoms with Gasteiger partial charge in [-0.1, -0.05) is 0 Å². The fourth-order valence-electron chi connectivity index (χ4n) is 1.57. The topological polar surface area (TPSA) is 143 Å². The lowest BCUT2D eigenvalue weighted by Crippen LogP contribution is -2.25. The van der Waals surface area contributed by atoms with Crippen LogP contribution in [0.2, 0.25) is 0 Å². The molecule has 7 heteroatoms. The molecule has 0 aliphatic carbocycles. The Kier molecular flexibility index (Phi) is 4.35. The molecule has 0 aliphatic rings. The van der Waals surface area contributed by atoms with Gasteiger partial charge >= 0.3 is 0 Å². The van der Waals surface area contributed by atoms with E-state index in [1.54, 1.807) is 6.07 Å². The van der Waals surface area contributed by atoms with Gasteiger partial charge in [-0.3, -0.25) is 0 Å². The molecular formula is C14HFN6. The minimum absolute atomic E-state index is 0.351. The largest absolute Gasteiger partial charge is 0.205 e. The highest BCUT2D eigenvalue weighted by molar-refractivity contribution is 5.77. The van der Waals surface area contributed by atoms with Crippen LogP contribution in [0.5, 0.6) is 0 Å². The van der Waals surface area contributed by atoms with Gasteiger partial charge in [0.05, 0.1) is 22.4 Å². The van der Waals surface area contributed by atoms with Gasteiger partial charge in [0, 0.05) is 5.22 Å². The summed E-state index contributed by atoms with van der Waals surface area (Å²) >= 11 is 0. The zero-order valence-electron chi connectivity index (χ0n) is 10.1. The first-order chi connectivity index (χ1) is 10.1. The van der Waals surface area contributed by atoms with E-state index in [1.807, 2.05) is 0 Å². The molecular weight excluding hydrogens is 271 g/mol. The van der Waals surface area contributed by atoms with Crippen LogP contribution in [0.15, 0.2) is 6.07 Å². The van der Waals surface area contributed by atoms with Gasteiger partial charge in [0.25, 0.3) is 0 Å². The van der Waals surface area contributed by atoms with Crippen molar-refractivity contribution in [3.05, 3.63) is 33.4 Å². The Morgan fingerprint density at radius 3 is 1.71 bits per heavy atom. The Labute approximate surface area is 117 Å². The highest BCUT2D eigenvalue weighted by Gasteiger charge is 2.16. The van der Waals surface area contributed by atoms with Crippen molar-refractivity contribution in [2.24, 2.45) is 0 Å². The van der Waals surface area contributed by atoms with Crippen LogP contribution in [0, 0.1) is 73.8 Å². The minimum Gasteiger partial charge on any atom is -0.205 e. The van der Waals surface area contributed by atoms with Gasteiger partial charge in [0.1, 0.15) is 41.5 Å². The predicted octanol–water partition coefficient (Wildman–Crippen LogP) is -0.0352. The van der Waals surface area contributed by atoms with Crippen molar-refractivity contribution in [1.82, 2.24) is 0 Å². The van der Waals surface area contributed by atoms with Gasteiger partial charge in [-0.05, 0) is 6.07 Å². The van der Waals surface area contributed by atoms with Gasteiger partial charge in [-0.15, -0.1) is 0 Å². The molecule has 94 valence electrons. The number of halogens is 1. The molecule has 0 aromatic heterocycles. The maximum Gasteiger partial charge on any atom is 0.152 e. The summed E-state index contributed by atoms with van der Waals surface area (Å²) in [5.74, 6) is -1.28. The molecule has 6 nitrogen and oxygen atoms in total. The van der Waals surface area contributed by atoms with Crippen LogP contribution in [-0.4, -0.2) is 0 Å². The molecule has 0 bridgehead atoms. The van der Waals surface area contributed by atoms with Crippen LogP contribution in [0.3, 0.4) is 0 Å².